The summed E-state index contributed by atoms with van der Waals surface area (Å²) in [5.41, 5.74) is -0.129. The lowest BCUT2D eigenvalue weighted by atomic mass is 9.89. The van der Waals surface area contributed by atoms with E-state index in [0.717, 1.165) is 49.0 Å². The molecule has 6 nitrogen and oxygen atoms in total. The maximum Gasteiger partial charge on any atom is 0.248 e. The fraction of sp³-hybridized carbons (Fsp3) is 0.769. The van der Waals surface area contributed by atoms with Crippen LogP contribution in [0, 0.1) is 6.92 Å². The smallest absolute Gasteiger partial charge is 0.248 e. The summed E-state index contributed by atoms with van der Waals surface area (Å²) in [5, 5.41) is 10.3. The molecule has 1 amide bonds. The predicted molar refractivity (Wildman–Crippen MR) is 75.5 cm³/mol. The molecular weight excluding hydrogens is 276 g/mol. The molecule has 7 heteroatoms. The zero-order valence-corrected chi connectivity index (χ0v) is 12.8. The maximum atomic E-state index is 11.5. The second-order valence-electron chi connectivity index (χ2n) is 5.71. The lowest BCUT2D eigenvalue weighted by Crippen LogP contribution is -2.57. The molecule has 2 aliphatic rings. The number of likely N-dealkylation sites (tertiary alicyclic amines) is 1. The molecule has 110 valence electrons. The van der Waals surface area contributed by atoms with E-state index < -0.39 is 0 Å². The van der Waals surface area contributed by atoms with Crippen molar-refractivity contribution in [3.63, 3.8) is 0 Å². The van der Waals surface area contributed by atoms with Crippen LogP contribution in [-0.2, 0) is 16.1 Å². The second kappa shape index (κ2) is 5.38. The number of aryl methyl sites for hydroxylation is 1. The van der Waals surface area contributed by atoms with Gasteiger partial charge in [0.2, 0.25) is 5.91 Å². The quantitative estimate of drug-likeness (QED) is 0.803. The molecule has 2 saturated heterocycles. The van der Waals surface area contributed by atoms with Crippen molar-refractivity contribution >= 4 is 17.2 Å². The highest BCUT2D eigenvalue weighted by Gasteiger charge is 2.41. The summed E-state index contributed by atoms with van der Waals surface area (Å²) >= 11 is 1.66. The first-order valence-electron chi connectivity index (χ1n) is 6.96. The Labute approximate surface area is 122 Å². The third-order valence-electron chi connectivity index (χ3n) is 4.15. The average molecular weight is 296 g/mol. The van der Waals surface area contributed by atoms with Crippen LogP contribution >= 0.6 is 11.3 Å². The van der Waals surface area contributed by atoms with Crippen molar-refractivity contribution in [2.75, 3.05) is 33.3 Å². The molecule has 0 saturated carbocycles. The molecule has 2 fully saturated rings. The van der Waals surface area contributed by atoms with Crippen molar-refractivity contribution in [2.45, 2.75) is 31.9 Å². The molecule has 0 aliphatic carbocycles. The summed E-state index contributed by atoms with van der Waals surface area (Å²) in [5.74, 6) is 0.0855. The number of nitrogens with zero attached hydrogens (tertiary/aromatic N) is 4. The van der Waals surface area contributed by atoms with Gasteiger partial charge in [-0.25, -0.2) is 0 Å². The van der Waals surface area contributed by atoms with Gasteiger partial charge in [0.15, 0.2) is 0 Å². The van der Waals surface area contributed by atoms with Crippen molar-refractivity contribution < 1.29 is 9.53 Å². The molecule has 0 radical (unpaired) electrons. The van der Waals surface area contributed by atoms with Crippen molar-refractivity contribution in [2.24, 2.45) is 0 Å². The summed E-state index contributed by atoms with van der Waals surface area (Å²) in [6, 6.07) is 0. The van der Waals surface area contributed by atoms with Gasteiger partial charge in [-0.1, -0.05) is 0 Å². The molecule has 1 aromatic heterocycles. The number of hydrogen-bond acceptors (Lipinski definition) is 6. The normalized spacial score (nSPS) is 23.5. The maximum absolute atomic E-state index is 11.5. The first-order chi connectivity index (χ1) is 9.56. The predicted octanol–water partition coefficient (Wildman–Crippen LogP) is 0.670. The van der Waals surface area contributed by atoms with Crippen molar-refractivity contribution in [3.8, 4) is 0 Å². The Kier molecular flexibility index (Phi) is 3.74. The number of hydrogen-bond donors (Lipinski definition) is 0. The van der Waals surface area contributed by atoms with Gasteiger partial charge in [-0.3, -0.25) is 9.69 Å². The number of morpholine rings is 1. The molecule has 0 unspecified atom stereocenters. The minimum atomic E-state index is -0.129. The van der Waals surface area contributed by atoms with Crippen LogP contribution in [0.1, 0.15) is 22.9 Å². The van der Waals surface area contributed by atoms with Gasteiger partial charge in [0.25, 0.3) is 0 Å². The number of aromatic nitrogens is 2. The van der Waals surface area contributed by atoms with Crippen LogP contribution in [0.15, 0.2) is 0 Å². The van der Waals surface area contributed by atoms with Gasteiger partial charge < -0.3 is 9.64 Å². The molecule has 0 N–H and O–H groups in total. The van der Waals surface area contributed by atoms with E-state index in [4.69, 9.17) is 4.74 Å². The summed E-state index contributed by atoms with van der Waals surface area (Å²) in [7, 11) is 1.86. The number of ether oxygens (including phenoxy) is 1. The van der Waals surface area contributed by atoms with E-state index in [1.54, 1.807) is 16.2 Å². The fourth-order valence-corrected chi connectivity index (χ4v) is 3.66. The van der Waals surface area contributed by atoms with Gasteiger partial charge in [-0.15, -0.1) is 21.5 Å². The van der Waals surface area contributed by atoms with Crippen LogP contribution in [0.2, 0.25) is 0 Å². The Morgan fingerprint density at radius 1 is 1.35 bits per heavy atom. The standard InChI is InChI=1S/C13H20N4O2S/c1-10-14-15-11(20-10)7-17-5-3-13(4-6-17)9-16(2)12(18)8-19-13/h3-9H2,1-2H3. The Hall–Kier alpha value is -1.05. The van der Waals surface area contributed by atoms with Crippen LogP contribution in [0.4, 0.5) is 0 Å². The van der Waals surface area contributed by atoms with E-state index in [0.29, 0.717) is 0 Å². The lowest BCUT2D eigenvalue weighted by molar-refractivity contribution is -0.169. The molecule has 3 heterocycles. The molecule has 0 atom stereocenters. The van der Waals surface area contributed by atoms with Gasteiger partial charge in [0.05, 0.1) is 12.1 Å². The molecule has 1 spiro atoms. The highest BCUT2D eigenvalue weighted by molar-refractivity contribution is 7.11. The Balaban J connectivity index is 1.55. The van der Waals surface area contributed by atoms with Crippen LogP contribution in [0.3, 0.4) is 0 Å². The molecule has 0 bridgehead atoms. The third kappa shape index (κ3) is 2.84. The second-order valence-corrected chi connectivity index (χ2v) is 6.98. The number of carbonyl (C=O) groups excluding carboxylic acids is 1. The summed E-state index contributed by atoms with van der Waals surface area (Å²) in [6.45, 7) is 5.77. The Bertz CT molecular complexity index is 496. The number of carbonyl (C=O) groups is 1. The van der Waals surface area contributed by atoms with Crippen LogP contribution < -0.4 is 0 Å². The monoisotopic (exact) mass is 296 g/mol. The first-order valence-corrected chi connectivity index (χ1v) is 7.77. The van der Waals surface area contributed by atoms with Crippen LogP contribution in [0.25, 0.3) is 0 Å². The van der Waals surface area contributed by atoms with E-state index in [2.05, 4.69) is 15.1 Å². The number of piperidine rings is 1. The van der Waals surface area contributed by atoms with Crippen LogP contribution in [-0.4, -0.2) is 64.8 Å². The lowest BCUT2D eigenvalue weighted by Gasteiger charge is -2.46. The summed E-state index contributed by atoms with van der Waals surface area (Å²) in [6.07, 6.45) is 1.95. The molecule has 0 aromatic carbocycles. The SMILES string of the molecule is Cc1nnc(CN2CCC3(CC2)CN(C)C(=O)CO3)s1. The highest BCUT2D eigenvalue weighted by Crippen LogP contribution is 2.30. The molecule has 20 heavy (non-hydrogen) atoms. The summed E-state index contributed by atoms with van der Waals surface area (Å²) in [4.78, 5) is 15.7. The number of rotatable bonds is 2. The van der Waals surface area contributed by atoms with Crippen molar-refractivity contribution in [3.05, 3.63) is 10.0 Å². The zero-order chi connectivity index (χ0) is 14.2. The van der Waals surface area contributed by atoms with Gasteiger partial charge in [0, 0.05) is 26.7 Å². The minimum absolute atomic E-state index is 0.0855. The van der Waals surface area contributed by atoms with E-state index in [-0.39, 0.29) is 18.1 Å². The van der Waals surface area contributed by atoms with Crippen LogP contribution in [0.5, 0.6) is 0 Å². The fourth-order valence-electron chi connectivity index (χ4n) is 2.90. The van der Waals surface area contributed by atoms with Gasteiger partial charge in [0.1, 0.15) is 16.6 Å². The topological polar surface area (TPSA) is 58.6 Å². The van der Waals surface area contributed by atoms with E-state index in [9.17, 15) is 4.79 Å². The van der Waals surface area contributed by atoms with Gasteiger partial charge in [-0.05, 0) is 19.8 Å². The zero-order valence-electron chi connectivity index (χ0n) is 12.0. The van der Waals surface area contributed by atoms with E-state index >= 15 is 0 Å². The average Bonchev–Trinajstić information content (AvgIpc) is 2.83. The molecule has 3 rings (SSSR count). The Morgan fingerprint density at radius 2 is 2.10 bits per heavy atom. The minimum Gasteiger partial charge on any atom is -0.363 e. The highest BCUT2D eigenvalue weighted by atomic mass is 32.1. The van der Waals surface area contributed by atoms with Gasteiger partial charge in [-0.2, -0.15) is 0 Å². The van der Waals surface area contributed by atoms with E-state index in [1.807, 2.05) is 14.0 Å². The van der Waals surface area contributed by atoms with Crippen molar-refractivity contribution in [1.29, 1.82) is 0 Å². The van der Waals surface area contributed by atoms with E-state index in [1.165, 1.54) is 0 Å². The third-order valence-corrected chi connectivity index (χ3v) is 4.97. The van der Waals surface area contributed by atoms with Gasteiger partial charge >= 0.3 is 0 Å². The molecule has 1 aromatic rings. The molecular formula is C13H20N4O2S. The Morgan fingerprint density at radius 3 is 2.70 bits per heavy atom. The number of likely N-dealkylation sites (N-methyl/N-ethyl adjacent to an activating group) is 1. The summed E-state index contributed by atoms with van der Waals surface area (Å²) < 4.78 is 5.85. The largest absolute Gasteiger partial charge is 0.363 e. The number of amides is 1. The first kappa shape index (κ1) is 13.9. The molecule has 2 aliphatic heterocycles. The van der Waals surface area contributed by atoms with Crippen molar-refractivity contribution in [1.82, 2.24) is 20.0 Å².